The molecule has 0 aliphatic carbocycles. The zero-order valence-electron chi connectivity index (χ0n) is 18.3. The second-order valence-corrected chi connectivity index (χ2v) is 8.49. The number of fused-ring (bicyclic) bond motifs is 1. The molecule has 0 radical (unpaired) electrons. The average Bonchev–Trinajstić information content (AvgIpc) is 3.25. The summed E-state index contributed by atoms with van der Waals surface area (Å²) in [5.41, 5.74) is 3.73. The lowest BCUT2D eigenvalue weighted by atomic mass is 9.89. The van der Waals surface area contributed by atoms with Gasteiger partial charge in [-0.25, -0.2) is 0 Å². The molecule has 0 aliphatic rings. The number of amides is 1. The Balaban J connectivity index is 1.66. The van der Waals surface area contributed by atoms with Crippen molar-refractivity contribution in [1.29, 1.82) is 0 Å². The lowest BCUT2D eigenvalue weighted by Gasteiger charge is -2.22. The molecule has 2 N–H and O–H groups in total. The maximum atomic E-state index is 12.8. The summed E-state index contributed by atoms with van der Waals surface area (Å²) in [6.07, 6.45) is 2.14. The molecule has 170 valence electrons. The summed E-state index contributed by atoms with van der Waals surface area (Å²) < 4.78 is 11.2. The fraction of sp³-hybridized carbons (Fsp3) is 0.192. The number of benzene rings is 3. The van der Waals surface area contributed by atoms with Crippen LogP contribution in [0.4, 0.5) is 0 Å². The highest BCUT2D eigenvalue weighted by molar-refractivity contribution is 6.35. The van der Waals surface area contributed by atoms with Crippen LogP contribution in [-0.2, 0) is 11.2 Å². The number of methoxy groups -OCH3 is 2. The molecule has 0 fully saturated rings. The fourth-order valence-corrected chi connectivity index (χ4v) is 4.55. The molecule has 0 saturated carbocycles. The summed E-state index contributed by atoms with van der Waals surface area (Å²) in [4.78, 5) is 16.2. The highest BCUT2D eigenvalue weighted by Crippen LogP contribution is 2.40. The van der Waals surface area contributed by atoms with E-state index in [0.717, 1.165) is 27.6 Å². The van der Waals surface area contributed by atoms with Crippen LogP contribution < -0.4 is 14.8 Å². The Morgan fingerprint density at radius 1 is 1.00 bits per heavy atom. The maximum absolute atomic E-state index is 12.8. The SMILES string of the molecule is COc1cccc(C(CNC(=O)Cc2ccc(Cl)cc2Cl)c2c[nH]c3ccccc23)c1OC. The Kier molecular flexibility index (Phi) is 7.11. The van der Waals surface area contributed by atoms with Gasteiger partial charge < -0.3 is 19.8 Å². The molecule has 1 unspecified atom stereocenters. The Labute approximate surface area is 202 Å². The van der Waals surface area contributed by atoms with Crippen molar-refractivity contribution in [2.45, 2.75) is 12.3 Å². The smallest absolute Gasteiger partial charge is 0.224 e. The van der Waals surface area contributed by atoms with Crippen molar-refractivity contribution in [2.75, 3.05) is 20.8 Å². The first-order valence-corrected chi connectivity index (χ1v) is 11.2. The molecule has 4 rings (SSSR count). The van der Waals surface area contributed by atoms with Gasteiger partial charge in [0.25, 0.3) is 0 Å². The lowest BCUT2D eigenvalue weighted by Crippen LogP contribution is -2.30. The fourth-order valence-electron chi connectivity index (χ4n) is 4.07. The van der Waals surface area contributed by atoms with E-state index in [-0.39, 0.29) is 18.2 Å². The van der Waals surface area contributed by atoms with Gasteiger partial charge in [0.05, 0.1) is 20.6 Å². The highest BCUT2D eigenvalue weighted by Gasteiger charge is 2.24. The molecule has 3 aromatic carbocycles. The van der Waals surface area contributed by atoms with Crippen LogP contribution in [0.3, 0.4) is 0 Å². The molecule has 1 atom stereocenters. The zero-order valence-corrected chi connectivity index (χ0v) is 19.8. The van der Waals surface area contributed by atoms with Gasteiger partial charge in [-0.2, -0.15) is 0 Å². The second-order valence-electron chi connectivity index (χ2n) is 7.64. The zero-order chi connectivity index (χ0) is 23.4. The van der Waals surface area contributed by atoms with Crippen LogP contribution in [0.2, 0.25) is 10.0 Å². The van der Waals surface area contributed by atoms with Crippen molar-refractivity contribution in [3.8, 4) is 11.5 Å². The lowest BCUT2D eigenvalue weighted by molar-refractivity contribution is -0.120. The van der Waals surface area contributed by atoms with E-state index in [1.54, 1.807) is 32.4 Å². The highest BCUT2D eigenvalue weighted by atomic mass is 35.5. The van der Waals surface area contributed by atoms with E-state index >= 15 is 0 Å². The van der Waals surface area contributed by atoms with Crippen LogP contribution in [0.25, 0.3) is 10.9 Å². The number of halogens is 2. The summed E-state index contributed by atoms with van der Waals surface area (Å²) in [6.45, 7) is 0.370. The minimum atomic E-state index is -0.171. The average molecular weight is 483 g/mol. The van der Waals surface area contributed by atoms with Crippen LogP contribution in [0.5, 0.6) is 11.5 Å². The van der Waals surface area contributed by atoms with Gasteiger partial charge in [0.1, 0.15) is 0 Å². The third-order valence-electron chi connectivity index (χ3n) is 5.67. The largest absolute Gasteiger partial charge is 0.493 e. The van der Waals surface area contributed by atoms with Gasteiger partial charge >= 0.3 is 0 Å². The minimum absolute atomic E-state index is 0.133. The summed E-state index contributed by atoms with van der Waals surface area (Å²) in [5, 5.41) is 5.17. The number of hydrogen-bond acceptors (Lipinski definition) is 3. The van der Waals surface area contributed by atoms with Gasteiger partial charge in [-0.15, -0.1) is 0 Å². The summed E-state index contributed by atoms with van der Waals surface area (Å²) in [7, 11) is 3.23. The number of carbonyl (C=O) groups is 1. The van der Waals surface area contributed by atoms with E-state index in [0.29, 0.717) is 28.1 Å². The van der Waals surface area contributed by atoms with Crippen molar-refractivity contribution in [2.24, 2.45) is 0 Å². The third-order valence-corrected chi connectivity index (χ3v) is 6.26. The molecule has 4 aromatic rings. The molecular weight excluding hydrogens is 459 g/mol. The first-order chi connectivity index (χ1) is 16.0. The van der Waals surface area contributed by atoms with E-state index in [1.165, 1.54) is 0 Å². The molecule has 0 spiro atoms. The molecule has 5 nitrogen and oxygen atoms in total. The van der Waals surface area contributed by atoms with Gasteiger partial charge in [-0.3, -0.25) is 4.79 Å². The molecular formula is C26H24Cl2N2O3. The number of carbonyl (C=O) groups excluding carboxylic acids is 1. The third kappa shape index (κ3) is 4.95. The standard InChI is InChI=1S/C26H24Cl2N2O3/c1-32-24-9-5-7-19(26(24)33-2)21(20-14-29-23-8-4-3-6-18(20)23)15-30-25(31)12-16-10-11-17(27)13-22(16)28/h3-11,13-14,21,29H,12,15H2,1-2H3,(H,30,31). The summed E-state index contributed by atoms with van der Waals surface area (Å²) >= 11 is 12.2. The Hall–Kier alpha value is -3.15. The second kappa shape index (κ2) is 10.2. The quantitative estimate of drug-likeness (QED) is 0.324. The Bertz CT molecular complexity index is 1290. The molecule has 1 aromatic heterocycles. The number of nitrogens with one attached hydrogen (secondary N) is 2. The van der Waals surface area contributed by atoms with Gasteiger partial charge in [0.15, 0.2) is 11.5 Å². The predicted molar refractivity (Wildman–Crippen MR) is 133 cm³/mol. The first-order valence-electron chi connectivity index (χ1n) is 10.5. The van der Waals surface area contributed by atoms with Crippen LogP contribution in [0, 0.1) is 0 Å². The van der Waals surface area contributed by atoms with Crippen LogP contribution in [-0.4, -0.2) is 31.7 Å². The Morgan fingerprint density at radius 3 is 2.58 bits per heavy atom. The molecule has 1 amide bonds. The monoisotopic (exact) mass is 482 g/mol. The van der Waals surface area contributed by atoms with Crippen molar-refractivity contribution < 1.29 is 14.3 Å². The molecule has 1 heterocycles. The van der Waals surface area contributed by atoms with E-state index in [1.807, 2.05) is 42.6 Å². The van der Waals surface area contributed by atoms with Crippen molar-refractivity contribution in [3.05, 3.63) is 93.6 Å². The molecule has 0 saturated heterocycles. The van der Waals surface area contributed by atoms with Crippen molar-refractivity contribution >= 4 is 40.0 Å². The van der Waals surface area contributed by atoms with Crippen molar-refractivity contribution in [1.82, 2.24) is 10.3 Å². The molecule has 7 heteroatoms. The van der Waals surface area contributed by atoms with Gasteiger partial charge in [-0.1, -0.05) is 59.6 Å². The predicted octanol–water partition coefficient (Wildman–Crippen LogP) is 5.98. The Morgan fingerprint density at radius 2 is 1.82 bits per heavy atom. The van der Waals surface area contributed by atoms with Gasteiger partial charge in [-0.05, 0) is 35.4 Å². The number of para-hydroxylation sites is 2. The molecule has 33 heavy (non-hydrogen) atoms. The van der Waals surface area contributed by atoms with Crippen LogP contribution in [0.1, 0.15) is 22.6 Å². The normalized spacial score (nSPS) is 11.9. The van der Waals surface area contributed by atoms with E-state index in [9.17, 15) is 4.79 Å². The van der Waals surface area contributed by atoms with E-state index in [2.05, 4.69) is 16.4 Å². The first kappa shape index (κ1) is 23.0. The van der Waals surface area contributed by atoms with E-state index < -0.39 is 0 Å². The number of H-pyrrole nitrogens is 1. The minimum Gasteiger partial charge on any atom is -0.493 e. The summed E-state index contributed by atoms with van der Waals surface area (Å²) in [6, 6.07) is 19.0. The maximum Gasteiger partial charge on any atom is 0.224 e. The number of aromatic amines is 1. The number of ether oxygens (including phenoxy) is 2. The van der Waals surface area contributed by atoms with Gasteiger partial charge in [0.2, 0.25) is 5.91 Å². The van der Waals surface area contributed by atoms with E-state index in [4.69, 9.17) is 32.7 Å². The molecule has 0 bridgehead atoms. The van der Waals surface area contributed by atoms with Crippen LogP contribution >= 0.6 is 23.2 Å². The van der Waals surface area contributed by atoms with Crippen LogP contribution in [0.15, 0.2) is 66.9 Å². The van der Waals surface area contributed by atoms with Crippen molar-refractivity contribution in [3.63, 3.8) is 0 Å². The number of rotatable bonds is 8. The topological polar surface area (TPSA) is 63.3 Å². The number of hydrogen-bond donors (Lipinski definition) is 2. The van der Waals surface area contributed by atoms with Gasteiger partial charge in [0, 0.05) is 45.2 Å². The summed E-state index contributed by atoms with van der Waals surface area (Å²) in [5.74, 6) is 0.978. The molecule has 0 aliphatic heterocycles. The number of aromatic nitrogens is 1.